The molecule has 0 spiro atoms. The van der Waals surface area contributed by atoms with E-state index >= 15 is 0 Å². The van der Waals surface area contributed by atoms with Crippen LogP contribution in [0.5, 0.6) is 5.75 Å². The molecule has 0 aromatic heterocycles. The average molecular weight is 379 g/mol. The topological polar surface area (TPSA) is 70.7 Å². The fraction of sp³-hybridized carbons (Fsp3) is 0.364. The van der Waals surface area contributed by atoms with Gasteiger partial charge in [-0.15, -0.1) is 0 Å². The molecule has 0 unspecified atom stereocenters. The van der Waals surface area contributed by atoms with E-state index in [4.69, 9.17) is 4.74 Å². The molecule has 0 radical (unpaired) electrons. The quantitative estimate of drug-likeness (QED) is 0.856. The van der Waals surface area contributed by atoms with Crippen molar-refractivity contribution in [3.8, 4) is 5.75 Å². The molecule has 1 fully saturated rings. The number of anilines is 1. The Labute approximate surface area is 164 Å². The van der Waals surface area contributed by atoms with Crippen LogP contribution in [-0.4, -0.2) is 42.5 Å². The summed E-state index contributed by atoms with van der Waals surface area (Å²) in [4.78, 5) is 27.7. The molecule has 6 nitrogen and oxygen atoms in total. The van der Waals surface area contributed by atoms with Gasteiger partial charge in [0, 0.05) is 18.8 Å². The molecule has 28 heavy (non-hydrogen) atoms. The van der Waals surface area contributed by atoms with E-state index in [0.29, 0.717) is 31.6 Å². The van der Waals surface area contributed by atoms with Crippen LogP contribution in [0.4, 0.5) is 5.69 Å². The van der Waals surface area contributed by atoms with Gasteiger partial charge in [-0.25, -0.2) is 0 Å². The summed E-state index contributed by atoms with van der Waals surface area (Å²) >= 11 is 0. The zero-order valence-electron chi connectivity index (χ0n) is 16.0. The lowest BCUT2D eigenvalue weighted by molar-refractivity contribution is -0.138. The van der Waals surface area contributed by atoms with E-state index in [2.05, 4.69) is 22.8 Å². The molecule has 2 atom stereocenters. The average Bonchev–Trinajstić information content (AvgIpc) is 3.23. The van der Waals surface area contributed by atoms with Gasteiger partial charge in [-0.3, -0.25) is 9.59 Å². The van der Waals surface area contributed by atoms with Crippen molar-refractivity contribution in [2.24, 2.45) is 0 Å². The van der Waals surface area contributed by atoms with Gasteiger partial charge in [0.2, 0.25) is 11.8 Å². The van der Waals surface area contributed by atoms with Gasteiger partial charge in [-0.05, 0) is 54.7 Å². The summed E-state index contributed by atoms with van der Waals surface area (Å²) < 4.78 is 5.14. The molecule has 4 rings (SSSR count). The Morgan fingerprint density at radius 1 is 1.11 bits per heavy atom. The van der Waals surface area contributed by atoms with Crippen molar-refractivity contribution in [1.82, 2.24) is 10.2 Å². The van der Waals surface area contributed by atoms with E-state index in [-0.39, 0.29) is 17.9 Å². The smallest absolute Gasteiger partial charge is 0.247 e. The van der Waals surface area contributed by atoms with Gasteiger partial charge < -0.3 is 20.3 Å². The fourth-order valence-electron chi connectivity index (χ4n) is 4.03. The number of carbonyl (C=O) groups is 2. The van der Waals surface area contributed by atoms with Gasteiger partial charge in [-0.1, -0.05) is 24.3 Å². The van der Waals surface area contributed by atoms with Crippen LogP contribution in [0.15, 0.2) is 48.5 Å². The molecule has 2 N–H and O–H groups in total. The largest absolute Gasteiger partial charge is 0.497 e. The van der Waals surface area contributed by atoms with Crippen LogP contribution in [0.3, 0.4) is 0 Å². The Morgan fingerprint density at radius 3 is 2.61 bits per heavy atom. The van der Waals surface area contributed by atoms with Gasteiger partial charge in [0.1, 0.15) is 11.8 Å². The second kappa shape index (κ2) is 8.02. The predicted molar refractivity (Wildman–Crippen MR) is 107 cm³/mol. The van der Waals surface area contributed by atoms with Crippen LogP contribution in [0.1, 0.15) is 24.0 Å². The molecule has 2 aliphatic rings. The summed E-state index contributed by atoms with van der Waals surface area (Å²) in [6.07, 6.45) is 2.20. The molecule has 2 aromatic rings. The Morgan fingerprint density at radius 2 is 1.86 bits per heavy atom. The first-order valence-electron chi connectivity index (χ1n) is 9.71. The summed E-state index contributed by atoms with van der Waals surface area (Å²) in [6.45, 7) is 1.31. The maximum absolute atomic E-state index is 13.1. The molecule has 6 heteroatoms. The fourth-order valence-corrected chi connectivity index (χ4v) is 4.03. The van der Waals surface area contributed by atoms with E-state index < -0.39 is 6.04 Å². The number of carbonyl (C=O) groups excluding carboxylic acids is 2. The lowest BCUT2D eigenvalue weighted by atomic mass is 9.95. The normalized spacial score (nSPS) is 21.1. The van der Waals surface area contributed by atoms with Gasteiger partial charge in [0.25, 0.3) is 0 Å². The summed E-state index contributed by atoms with van der Waals surface area (Å²) in [7, 11) is 1.60. The third-order valence-corrected chi connectivity index (χ3v) is 5.58. The van der Waals surface area contributed by atoms with Gasteiger partial charge in [-0.2, -0.15) is 0 Å². The Balaban J connectivity index is 1.42. The Hall–Kier alpha value is -2.86. The first kappa shape index (κ1) is 18.5. The maximum Gasteiger partial charge on any atom is 0.247 e. The number of methoxy groups -OCH3 is 1. The van der Waals surface area contributed by atoms with Crippen molar-refractivity contribution in [3.05, 3.63) is 59.7 Å². The van der Waals surface area contributed by atoms with Crippen LogP contribution < -0.4 is 15.4 Å². The number of hydrogen-bond donors (Lipinski definition) is 2. The molecule has 2 aromatic carbocycles. The lowest BCUT2D eigenvalue weighted by Gasteiger charge is -2.31. The third-order valence-electron chi connectivity index (χ3n) is 5.58. The number of benzene rings is 2. The Bertz CT molecular complexity index is 866. The summed E-state index contributed by atoms with van der Waals surface area (Å²) in [5.74, 6) is 0.619. The highest BCUT2D eigenvalue weighted by Crippen LogP contribution is 2.24. The first-order chi connectivity index (χ1) is 13.7. The minimum atomic E-state index is -0.423. The highest BCUT2D eigenvalue weighted by molar-refractivity contribution is 5.98. The maximum atomic E-state index is 13.1. The van der Waals surface area contributed by atoms with Gasteiger partial charge >= 0.3 is 0 Å². The molecule has 2 aliphatic heterocycles. The minimum Gasteiger partial charge on any atom is -0.497 e. The van der Waals surface area contributed by atoms with E-state index in [1.165, 1.54) is 11.1 Å². The van der Waals surface area contributed by atoms with Crippen molar-refractivity contribution in [3.63, 3.8) is 0 Å². The number of rotatable bonds is 4. The van der Waals surface area contributed by atoms with E-state index in [9.17, 15) is 9.59 Å². The van der Waals surface area contributed by atoms with E-state index in [0.717, 1.165) is 12.2 Å². The number of ether oxygens (including phenoxy) is 1. The highest BCUT2D eigenvalue weighted by atomic mass is 16.5. The number of nitrogens with one attached hydrogen (secondary N) is 2. The second-order valence-corrected chi connectivity index (χ2v) is 7.31. The number of hydrogen-bond acceptors (Lipinski definition) is 4. The van der Waals surface area contributed by atoms with E-state index in [1.54, 1.807) is 36.3 Å². The van der Waals surface area contributed by atoms with Crippen molar-refractivity contribution in [2.45, 2.75) is 37.9 Å². The van der Waals surface area contributed by atoms with Gasteiger partial charge in [0.05, 0.1) is 13.2 Å². The molecule has 2 amide bonds. The summed E-state index contributed by atoms with van der Waals surface area (Å²) in [5, 5.41) is 6.27. The van der Waals surface area contributed by atoms with E-state index in [1.807, 2.05) is 12.1 Å². The molecule has 0 bridgehead atoms. The molecule has 2 heterocycles. The second-order valence-electron chi connectivity index (χ2n) is 7.31. The predicted octanol–water partition coefficient (Wildman–Crippen LogP) is 2.34. The van der Waals surface area contributed by atoms with Crippen LogP contribution in [0.2, 0.25) is 0 Å². The molecule has 146 valence electrons. The van der Waals surface area contributed by atoms with Crippen LogP contribution >= 0.6 is 0 Å². The summed E-state index contributed by atoms with van der Waals surface area (Å²) in [5.41, 5.74) is 3.15. The van der Waals surface area contributed by atoms with Crippen LogP contribution in [0, 0.1) is 0 Å². The minimum absolute atomic E-state index is 0.0156. The SMILES string of the molecule is COc1ccc(NC(=O)[C@H]2CCCN2C(=O)[C@H]2Cc3ccccc3CN2)cc1. The van der Waals surface area contributed by atoms with Gasteiger partial charge in [0.15, 0.2) is 0 Å². The first-order valence-corrected chi connectivity index (χ1v) is 9.71. The molecular weight excluding hydrogens is 354 g/mol. The van der Waals surface area contributed by atoms with Crippen molar-refractivity contribution < 1.29 is 14.3 Å². The molecule has 0 saturated carbocycles. The lowest BCUT2D eigenvalue weighted by Crippen LogP contribution is -2.53. The number of nitrogens with zero attached hydrogens (tertiary/aromatic N) is 1. The monoisotopic (exact) mass is 379 g/mol. The molecular formula is C22H25N3O3. The van der Waals surface area contributed by atoms with Crippen molar-refractivity contribution in [2.75, 3.05) is 19.0 Å². The molecule has 0 aliphatic carbocycles. The zero-order chi connectivity index (χ0) is 19.5. The van der Waals surface area contributed by atoms with Crippen LogP contribution in [-0.2, 0) is 22.6 Å². The van der Waals surface area contributed by atoms with Crippen LogP contribution in [0.25, 0.3) is 0 Å². The van der Waals surface area contributed by atoms with Crippen molar-refractivity contribution in [1.29, 1.82) is 0 Å². The third kappa shape index (κ3) is 3.73. The zero-order valence-corrected chi connectivity index (χ0v) is 16.0. The molecule has 1 saturated heterocycles. The summed E-state index contributed by atoms with van der Waals surface area (Å²) in [6, 6.07) is 14.7. The standard InChI is InChI=1S/C22H25N3O3/c1-28-18-10-8-17(9-11-18)24-21(26)20-7-4-12-25(20)22(27)19-13-15-5-2-3-6-16(15)14-23-19/h2-3,5-6,8-11,19-20,23H,4,7,12-14H2,1H3,(H,24,26)/t19-,20-/m1/s1. The number of likely N-dealkylation sites (tertiary alicyclic amines) is 1. The highest BCUT2D eigenvalue weighted by Gasteiger charge is 2.38. The number of fused-ring (bicyclic) bond motifs is 1. The Kier molecular flexibility index (Phi) is 5.30. The van der Waals surface area contributed by atoms with Crippen molar-refractivity contribution >= 4 is 17.5 Å². The number of amides is 2.